The van der Waals surface area contributed by atoms with Gasteiger partial charge in [0, 0.05) is 0 Å². The molecule has 0 radical (unpaired) electrons. The first kappa shape index (κ1) is 21.1. The number of aryl methyl sites for hydroxylation is 3. The van der Waals surface area contributed by atoms with Crippen LogP contribution in [0, 0.1) is 20.8 Å². The summed E-state index contributed by atoms with van der Waals surface area (Å²) in [6.45, 7) is 9.11. The van der Waals surface area contributed by atoms with Gasteiger partial charge in [0.05, 0.1) is 36.1 Å². The number of aromatic nitrogens is 1. The average Bonchev–Trinajstić information content (AvgIpc) is 3.38. The van der Waals surface area contributed by atoms with Crippen LogP contribution in [0.25, 0.3) is 10.2 Å². The average molecular weight is 435 g/mol. The molecule has 6 heteroatoms. The van der Waals surface area contributed by atoms with Crippen LogP contribution in [0.15, 0.2) is 53.1 Å². The van der Waals surface area contributed by atoms with E-state index in [1.807, 2.05) is 37.3 Å². The second kappa shape index (κ2) is 8.94. The highest BCUT2D eigenvalue weighted by Gasteiger charge is 2.23. The number of hydrogen-bond donors (Lipinski definition) is 0. The molecule has 160 valence electrons. The van der Waals surface area contributed by atoms with Gasteiger partial charge in [0.25, 0.3) is 0 Å². The normalized spacial score (nSPS) is 11.1. The Labute approximate surface area is 186 Å². The van der Waals surface area contributed by atoms with Crippen LogP contribution in [0.3, 0.4) is 0 Å². The van der Waals surface area contributed by atoms with Crippen LogP contribution in [-0.4, -0.2) is 17.5 Å². The molecule has 0 fully saturated rings. The van der Waals surface area contributed by atoms with Crippen molar-refractivity contribution in [1.29, 1.82) is 0 Å². The summed E-state index contributed by atoms with van der Waals surface area (Å²) in [7, 11) is 0. The molecule has 0 spiro atoms. The largest absolute Gasteiger partial charge is 0.494 e. The molecule has 5 nitrogen and oxygen atoms in total. The maximum absolute atomic E-state index is 13.5. The number of benzene rings is 2. The SMILES string of the molecule is CCOc1ccc2nc(N(Cc3ccco3)C(=O)Cc3c(C)cc(C)cc3C)sc2c1. The van der Waals surface area contributed by atoms with E-state index in [4.69, 9.17) is 14.1 Å². The van der Waals surface area contributed by atoms with Crippen molar-refractivity contribution >= 4 is 32.6 Å². The second-order valence-electron chi connectivity index (χ2n) is 7.67. The molecule has 2 aromatic heterocycles. The van der Waals surface area contributed by atoms with E-state index in [1.165, 1.54) is 16.9 Å². The molecule has 0 unspecified atom stereocenters. The van der Waals surface area contributed by atoms with E-state index in [9.17, 15) is 4.79 Å². The van der Waals surface area contributed by atoms with Crippen molar-refractivity contribution in [3.8, 4) is 5.75 Å². The number of carbonyl (C=O) groups excluding carboxylic acids is 1. The van der Waals surface area contributed by atoms with Gasteiger partial charge in [-0.3, -0.25) is 9.69 Å². The highest BCUT2D eigenvalue weighted by molar-refractivity contribution is 7.22. The van der Waals surface area contributed by atoms with E-state index < -0.39 is 0 Å². The van der Waals surface area contributed by atoms with Crippen LogP contribution in [0.5, 0.6) is 5.75 Å². The van der Waals surface area contributed by atoms with E-state index in [0.717, 1.165) is 38.4 Å². The van der Waals surface area contributed by atoms with Gasteiger partial charge in [-0.25, -0.2) is 4.98 Å². The number of rotatable bonds is 7. The number of amides is 1. The highest BCUT2D eigenvalue weighted by Crippen LogP contribution is 2.33. The van der Waals surface area contributed by atoms with E-state index in [2.05, 4.69) is 32.9 Å². The van der Waals surface area contributed by atoms with Gasteiger partial charge in [-0.1, -0.05) is 29.0 Å². The minimum absolute atomic E-state index is 0.00413. The fraction of sp³-hybridized carbons (Fsp3) is 0.280. The number of fused-ring (bicyclic) bond motifs is 1. The zero-order valence-corrected chi connectivity index (χ0v) is 19.1. The lowest BCUT2D eigenvalue weighted by Gasteiger charge is -2.20. The van der Waals surface area contributed by atoms with Crippen LogP contribution in [-0.2, 0) is 17.8 Å². The van der Waals surface area contributed by atoms with Gasteiger partial charge in [-0.05, 0) is 74.7 Å². The molecule has 31 heavy (non-hydrogen) atoms. The van der Waals surface area contributed by atoms with Crippen LogP contribution in [0.2, 0.25) is 0 Å². The Balaban J connectivity index is 1.69. The molecule has 4 aromatic rings. The Kier molecular flexibility index (Phi) is 6.09. The number of ether oxygens (including phenoxy) is 1. The summed E-state index contributed by atoms with van der Waals surface area (Å²) in [6, 6.07) is 13.8. The third-order valence-electron chi connectivity index (χ3n) is 5.25. The monoisotopic (exact) mass is 434 g/mol. The molecule has 0 atom stereocenters. The maximum atomic E-state index is 13.5. The van der Waals surface area contributed by atoms with Crippen molar-refractivity contribution in [2.75, 3.05) is 11.5 Å². The van der Waals surface area contributed by atoms with Crippen molar-refractivity contribution in [2.45, 2.75) is 40.7 Å². The first-order valence-electron chi connectivity index (χ1n) is 10.4. The smallest absolute Gasteiger partial charge is 0.233 e. The molecular weight excluding hydrogens is 408 g/mol. The zero-order valence-electron chi connectivity index (χ0n) is 18.3. The summed E-state index contributed by atoms with van der Waals surface area (Å²) in [5, 5.41) is 0.660. The molecule has 0 bridgehead atoms. The number of carbonyl (C=O) groups is 1. The van der Waals surface area contributed by atoms with Gasteiger partial charge in [-0.15, -0.1) is 0 Å². The minimum Gasteiger partial charge on any atom is -0.494 e. The van der Waals surface area contributed by atoms with Gasteiger partial charge in [0.2, 0.25) is 5.91 Å². The zero-order chi connectivity index (χ0) is 22.0. The molecule has 2 aromatic carbocycles. The summed E-state index contributed by atoms with van der Waals surface area (Å²) >= 11 is 1.49. The summed E-state index contributed by atoms with van der Waals surface area (Å²) in [5.74, 6) is 1.52. The lowest BCUT2D eigenvalue weighted by Crippen LogP contribution is -2.32. The number of anilines is 1. The quantitative estimate of drug-likeness (QED) is 0.359. The number of hydrogen-bond acceptors (Lipinski definition) is 5. The Morgan fingerprint density at radius 2 is 1.90 bits per heavy atom. The minimum atomic E-state index is -0.00413. The second-order valence-corrected chi connectivity index (χ2v) is 8.68. The summed E-state index contributed by atoms with van der Waals surface area (Å²) in [5.41, 5.74) is 5.39. The fourth-order valence-electron chi connectivity index (χ4n) is 3.82. The first-order valence-corrected chi connectivity index (χ1v) is 11.2. The van der Waals surface area contributed by atoms with Crippen LogP contribution < -0.4 is 9.64 Å². The highest BCUT2D eigenvalue weighted by atomic mass is 32.1. The van der Waals surface area contributed by atoms with Crippen molar-refractivity contribution in [1.82, 2.24) is 4.98 Å². The van der Waals surface area contributed by atoms with E-state index >= 15 is 0 Å². The van der Waals surface area contributed by atoms with Crippen molar-refractivity contribution in [3.05, 3.63) is 76.7 Å². The van der Waals surface area contributed by atoms with Crippen molar-refractivity contribution < 1.29 is 13.9 Å². The molecule has 2 heterocycles. The summed E-state index contributed by atoms with van der Waals surface area (Å²) < 4.78 is 12.1. The number of nitrogens with zero attached hydrogens (tertiary/aromatic N) is 2. The van der Waals surface area contributed by atoms with Crippen LogP contribution >= 0.6 is 11.3 Å². The maximum Gasteiger partial charge on any atom is 0.233 e. The standard InChI is InChI=1S/C25H26N2O3S/c1-5-29-19-8-9-22-23(13-19)31-25(26-22)27(15-20-7-6-10-30-20)24(28)14-21-17(3)11-16(2)12-18(21)4/h6-13H,5,14-15H2,1-4H3. The summed E-state index contributed by atoms with van der Waals surface area (Å²) in [6.07, 6.45) is 1.94. The molecule has 0 aliphatic heterocycles. The molecule has 0 aliphatic carbocycles. The third-order valence-corrected chi connectivity index (χ3v) is 6.30. The Morgan fingerprint density at radius 3 is 2.58 bits per heavy atom. The molecular formula is C25H26N2O3S. The van der Waals surface area contributed by atoms with Crippen molar-refractivity contribution in [3.63, 3.8) is 0 Å². The third kappa shape index (κ3) is 4.64. The van der Waals surface area contributed by atoms with E-state index in [0.29, 0.717) is 24.7 Å². The topological polar surface area (TPSA) is 55.6 Å². The number of thiazole rings is 1. The molecule has 4 rings (SSSR count). The lowest BCUT2D eigenvalue weighted by atomic mass is 9.97. The van der Waals surface area contributed by atoms with Gasteiger partial charge in [-0.2, -0.15) is 0 Å². The first-order chi connectivity index (χ1) is 14.9. The Bertz CT molecular complexity index is 1190. The van der Waals surface area contributed by atoms with Crippen LogP contribution in [0.4, 0.5) is 5.13 Å². The van der Waals surface area contributed by atoms with Gasteiger partial charge >= 0.3 is 0 Å². The number of furan rings is 1. The van der Waals surface area contributed by atoms with E-state index in [-0.39, 0.29) is 5.91 Å². The van der Waals surface area contributed by atoms with Gasteiger partial charge < -0.3 is 9.15 Å². The lowest BCUT2D eigenvalue weighted by molar-refractivity contribution is -0.118. The van der Waals surface area contributed by atoms with Crippen molar-refractivity contribution in [2.24, 2.45) is 0 Å². The fourth-order valence-corrected chi connectivity index (χ4v) is 4.83. The molecule has 1 amide bonds. The molecule has 0 saturated carbocycles. The molecule has 0 saturated heterocycles. The van der Waals surface area contributed by atoms with Gasteiger partial charge in [0.1, 0.15) is 11.5 Å². The van der Waals surface area contributed by atoms with Gasteiger partial charge in [0.15, 0.2) is 5.13 Å². The Hall–Kier alpha value is -3.12. The van der Waals surface area contributed by atoms with Crippen LogP contribution in [0.1, 0.15) is 34.9 Å². The van der Waals surface area contributed by atoms with E-state index in [1.54, 1.807) is 11.2 Å². The predicted molar refractivity (Wildman–Crippen MR) is 125 cm³/mol. The summed E-state index contributed by atoms with van der Waals surface area (Å²) in [4.78, 5) is 20.0. The molecule has 0 aliphatic rings. The molecule has 0 N–H and O–H groups in total. The predicted octanol–water partition coefficient (Wildman–Crippen LogP) is 5.99. The Morgan fingerprint density at radius 1 is 1.13 bits per heavy atom.